The summed E-state index contributed by atoms with van der Waals surface area (Å²) in [6.45, 7) is 9.13. The molecule has 0 saturated carbocycles. The van der Waals surface area contributed by atoms with E-state index in [0.717, 1.165) is 10.6 Å². The molecule has 0 bridgehead atoms. The predicted octanol–water partition coefficient (Wildman–Crippen LogP) is 6.41. The quantitative estimate of drug-likeness (QED) is 0.159. The van der Waals surface area contributed by atoms with Crippen molar-refractivity contribution in [3.63, 3.8) is 0 Å². The van der Waals surface area contributed by atoms with Crippen molar-refractivity contribution in [2.45, 2.75) is 102 Å². The van der Waals surface area contributed by atoms with Crippen molar-refractivity contribution in [3.05, 3.63) is 45.0 Å². The number of rotatable bonds is 2. The minimum Gasteiger partial charge on any atom is -0.418 e. The second kappa shape index (κ2) is 16.0. The maximum Gasteiger partial charge on any atom is 0.673 e. The minimum absolute atomic E-state index is 0. The van der Waals surface area contributed by atoms with E-state index in [1.165, 1.54) is 51.4 Å². The van der Waals surface area contributed by atoms with Crippen molar-refractivity contribution in [1.29, 1.82) is 0 Å². The van der Waals surface area contributed by atoms with Gasteiger partial charge < -0.3 is 17.3 Å². The van der Waals surface area contributed by atoms with Crippen molar-refractivity contribution in [2.75, 3.05) is 0 Å². The van der Waals surface area contributed by atoms with E-state index in [-0.39, 0.29) is 30.6 Å². The van der Waals surface area contributed by atoms with Crippen LogP contribution < -0.4 is 21.7 Å². The topological polar surface area (TPSA) is 44.0 Å². The van der Waals surface area contributed by atoms with Crippen LogP contribution in [0.25, 0.3) is 0 Å². The largest absolute Gasteiger partial charge is 0.673 e. The Hall–Kier alpha value is -0.572. The predicted molar refractivity (Wildman–Crippen MR) is 153 cm³/mol. The first-order chi connectivity index (χ1) is 17.3. The molecule has 2 fully saturated rings. The molecular formula is C26H42BF4N2O2P2Rh-. The average Bonchev–Trinajstić information content (AvgIpc) is 3.28. The van der Waals surface area contributed by atoms with Crippen LogP contribution in [-0.2, 0) is 33.6 Å². The summed E-state index contributed by atoms with van der Waals surface area (Å²) in [4.78, 5) is 26.5. The Morgan fingerprint density at radius 3 is 1.05 bits per heavy atom. The van der Waals surface area contributed by atoms with Crippen LogP contribution in [0.15, 0.2) is 33.9 Å². The molecule has 3 aliphatic rings. The van der Waals surface area contributed by atoms with E-state index in [1.54, 1.807) is 23.5 Å². The summed E-state index contributed by atoms with van der Waals surface area (Å²) in [5.41, 5.74) is 2.39. The van der Waals surface area contributed by atoms with Gasteiger partial charge in [0.1, 0.15) is 0 Å². The van der Waals surface area contributed by atoms with Crippen LogP contribution in [0.1, 0.15) is 79.1 Å². The van der Waals surface area contributed by atoms with Gasteiger partial charge in [-0.2, -0.15) is 0 Å². The van der Waals surface area contributed by atoms with Crippen LogP contribution in [0.5, 0.6) is 0 Å². The first-order valence-corrected chi connectivity index (χ1v) is 16.3. The van der Waals surface area contributed by atoms with Crippen LogP contribution in [0.4, 0.5) is 17.3 Å². The van der Waals surface area contributed by atoms with Crippen molar-refractivity contribution >= 4 is 33.7 Å². The number of aromatic nitrogens is 2. The third-order valence-corrected chi connectivity index (χ3v) is 14.3. The number of nitrogens with zero attached hydrogens (tertiary/aromatic N) is 2. The van der Waals surface area contributed by atoms with Crippen molar-refractivity contribution in [3.8, 4) is 0 Å². The van der Waals surface area contributed by atoms with Crippen molar-refractivity contribution in [1.82, 2.24) is 9.36 Å². The summed E-state index contributed by atoms with van der Waals surface area (Å²) >= 11 is 0. The summed E-state index contributed by atoms with van der Waals surface area (Å²) in [7, 11) is -3.58. The van der Waals surface area contributed by atoms with Gasteiger partial charge in [-0.15, -0.1) is 0 Å². The van der Waals surface area contributed by atoms with Crippen LogP contribution in [0.2, 0.25) is 0 Å². The first kappa shape index (κ1) is 35.5. The van der Waals surface area contributed by atoms with Gasteiger partial charge in [0.25, 0.3) is 11.1 Å². The summed E-state index contributed by atoms with van der Waals surface area (Å²) in [5.74, 6) is 0. The van der Waals surface area contributed by atoms with E-state index in [2.05, 4.69) is 52.0 Å². The second-order valence-electron chi connectivity index (χ2n) is 10.3. The van der Waals surface area contributed by atoms with Crippen LogP contribution in [0, 0.1) is 0 Å². The fourth-order valence-electron chi connectivity index (χ4n) is 5.37. The molecule has 4 nitrogen and oxygen atoms in total. The summed E-state index contributed by atoms with van der Waals surface area (Å²) in [6, 6.07) is 0. The fourth-order valence-corrected chi connectivity index (χ4v) is 12.7. The molecule has 4 unspecified atom stereocenters. The molecule has 4 rings (SSSR count). The first-order valence-electron chi connectivity index (χ1n) is 13.3. The Balaban J connectivity index is 0.000000427. The zero-order chi connectivity index (χ0) is 27.9. The van der Waals surface area contributed by atoms with Crippen LogP contribution in [-0.4, -0.2) is 39.3 Å². The van der Waals surface area contributed by atoms with Gasteiger partial charge in [0.05, 0.1) is 10.6 Å². The number of hydrogen-bond donors (Lipinski definition) is 0. The Bertz CT molecular complexity index is 962. The number of halogens is 4. The maximum atomic E-state index is 13.2. The molecule has 38 heavy (non-hydrogen) atoms. The number of hydrogen-bond acceptors (Lipinski definition) is 2. The zero-order valence-electron chi connectivity index (χ0n) is 23.3. The normalized spacial score (nSPS) is 28.8. The van der Waals surface area contributed by atoms with E-state index >= 15 is 0 Å². The molecule has 0 amide bonds. The smallest absolute Gasteiger partial charge is 0.418 e. The standard InChI is InChI=1S/C18H30N2O2P2.C8H12.BF4.Rh/c1-11-7-8-12(2)23(11)15-16(24-13(3)9-10-14(24)4)18(22)20(6)19(5)17(15)21;1-2-4-6-8-7-5-3-1;2-1(3,4)5;/h11-14H,7-10H2,1-6H3;1-2,7-8H,3-6H2;;/q;;-1;. The molecule has 0 N–H and O–H groups in total. The van der Waals surface area contributed by atoms with Crippen molar-refractivity contribution < 1.29 is 36.7 Å². The van der Waals surface area contributed by atoms with E-state index in [1.807, 2.05) is 0 Å². The SMILES string of the molecule is C1=CCCC=CCC1.CC1CCC(C)P1c1c(P2C(C)CCC2C)c(=O)n(C)n(C)c1=O.F[B-](F)(F)F.[Rh]. The fraction of sp³-hybridized carbons (Fsp3) is 0.692. The molecular weight excluding hydrogens is 624 g/mol. The molecule has 1 aliphatic carbocycles. The van der Waals surface area contributed by atoms with Gasteiger partial charge in [-0.05, 0) is 74.0 Å². The van der Waals surface area contributed by atoms with Gasteiger partial charge in [0, 0.05) is 33.6 Å². The van der Waals surface area contributed by atoms with Gasteiger partial charge in [0.2, 0.25) is 0 Å². The molecule has 0 aromatic carbocycles. The maximum absolute atomic E-state index is 13.2. The molecule has 3 heterocycles. The van der Waals surface area contributed by atoms with E-state index in [0.29, 0.717) is 22.6 Å². The molecule has 12 heteroatoms. The van der Waals surface area contributed by atoms with E-state index in [4.69, 9.17) is 0 Å². The molecule has 2 saturated heterocycles. The zero-order valence-corrected chi connectivity index (χ0v) is 26.7. The third kappa shape index (κ3) is 9.81. The molecule has 1 aromatic heterocycles. The van der Waals surface area contributed by atoms with E-state index < -0.39 is 23.1 Å². The van der Waals surface area contributed by atoms with Gasteiger partial charge in [-0.25, -0.2) is 0 Å². The third-order valence-electron chi connectivity index (χ3n) is 7.42. The molecule has 1 radical (unpaired) electrons. The molecule has 4 atom stereocenters. The monoisotopic (exact) mass is 666 g/mol. The van der Waals surface area contributed by atoms with Crippen molar-refractivity contribution in [2.24, 2.45) is 14.1 Å². The Kier molecular flexibility index (Phi) is 14.9. The molecule has 2 aliphatic heterocycles. The van der Waals surface area contributed by atoms with Crippen LogP contribution >= 0.6 is 15.8 Å². The van der Waals surface area contributed by atoms with Gasteiger partial charge in [-0.3, -0.25) is 19.0 Å². The summed E-state index contributed by atoms with van der Waals surface area (Å²) < 4.78 is 42.1. The van der Waals surface area contributed by atoms with Gasteiger partial charge >= 0.3 is 7.25 Å². The molecule has 1 aromatic rings. The van der Waals surface area contributed by atoms with E-state index in [9.17, 15) is 26.9 Å². The summed E-state index contributed by atoms with van der Waals surface area (Å²) in [6.07, 6.45) is 18.8. The molecule has 219 valence electrons. The minimum atomic E-state index is -6.00. The Labute approximate surface area is 240 Å². The van der Waals surface area contributed by atoms with Gasteiger partial charge in [-0.1, -0.05) is 67.8 Å². The Morgan fingerprint density at radius 1 is 0.632 bits per heavy atom. The Morgan fingerprint density at radius 2 is 0.842 bits per heavy atom. The average molecular weight is 666 g/mol. The molecule has 0 spiro atoms. The summed E-state index contributed by atoms with van der Waals surface area (Å²) in [5, 5.41) is 1.89. The number of allylic oxidation sites excluding steroid dienone is 4. The van der Waals surface area contributed by atoms with Gasteiger partial charge in [0.15, 0.2) is 0 Å². The van der Waals surface area contributed by atoms with Crippen LogP contribution in [0.3, 0.4) is 0 Å². The second-order valence-corrected chi connectivity index (χ2v) is 16.4.